The molecule has 19 heavy (non-hydrogen) atoms. The minimum atomic E-state index is 0.0106. The lowest BCUT2D eigenvalue weighted by Crippen LogP contribution is -2.06. The average molecular weight is 318 g/mol. The largest absolute Gasteiger partial charge is 0.493 e. The zero-order valence-corrected chi connectivity index (χ0v) is 11.8. The standard InChI is InChI=1S/C15H12BrNO2/c16-12-7-10-4-6-19-15(10)11(8-12)9-14(18)13-3-1-2-5-17-13/h1-3,5,7-8H,4,6,9H2. The Morgan fingerprint density at radius 2 is 2.26 bits per heavy atom. The molecule has 0 bridgehead atoms. The Morgan fingerprint density at radius 1 is 1.37 bits per heavy atom. The summed E-state index contributed by atoms with van der Waals surface area (Å²) in [5, 5.41) is 0. The molecule has 96 valence electrons. The second kappa shape index (κ2) is 5.13. The van der Waals surface area contributed by atoms with Crippen LogP contribution in [-0.4, -0.2) is 17.4 Å². The van der Waals surface area contributed by atoms with Crippen LogP contribution in [0.2, 0.25) is 0 Å². The van der Waals surface area contributed by atoms with Gasteiger partial charge in [0.25, 0.3) is 0 Å². The van der Waals surface area contributed by atoms with E-state index < -0.39 is 0 Å². The summed E-state index contributed by atoms with van der Waals surface area (Å²) >= 11 is 3.48. The molecule has 1 aliphatic rings. The van der Waals surface area contributed by atoms with Crippen LogP contribution in [-0.2, 0) is 12.8 Å². The molecule has 0 amide bonds. The highest BCUT2D eigenvalue weighted by Gasteiger charge is 2.20. The number of ketones is 1. The van der Waals surface area contributed by atoms with Crippen molar-refractivity contribution < 1.29 is 9.53 Å². The number of Topliss-reactive ketones (excluding diaryl/α,β-unsaturated/α-hetero) is 1. The van der Waals surface area contributed by atoms with Crippen LogP contribution in [0, 0.1) is 0 Å². The van der Waals surface area contributed by atoms with Crippen LogP contribution >= 0.6 is 15.9 Å². The third-order valence-corrected chi connectivity index (χ3v) is 3.58. The first-order valence-corrected chi connectivity index (χ1v) is 6.91. The number of aromatic nitrogens is 1. The molecular weight excluding hydrogens is 306 g/mol. The highest BCUT2D eigenvalue weighted by atomic mass is 79.9. The molecule has 0 N–H and O–H groups in total. The number of rotatable bonds is 3. The van der Waals surface area contributed by atoms with E-state index in [4.69, 9.17) is 4.74 Å². The molecule has 3 rings (SSSR count). The highest BCUT2D eigenvalue weighted by molar-refractivity contribution is 9.10. The number of fused-ring (bicyclic) bond motifs is 1. The summed E-state index contributed by atoms with van der Waals surface area (Å²) in [5.41, 5.74) is 2.59. The van der Waals surface area contributed by atoms with Crippen LogP contribution in [0.3, 0.4) is 0 Å². The monoisotopic (exact) mass is 317 g/mol. The lowest BCUT2D eigenvalue weighted by atomic mass is 10.0. The SMILES string of the molecule is O=C(Cc1cc(Br)cc2c1OCC2)c1ccccn1. The van der Waals surface area contributed by atoms with Gasteiger partial charge in [-0.3, -0.25) is 9.78 Å². The zero-order chi connectivity index (χ0) is 13.2. The predicted octanol–water partition coefficient (Wildman–Crippen LogP) is 3.20. The molecular formula is C15H12BrNO2. The topological polar surface area (TPSA) is 39.2 Å². The number of halogens is 1. The maximum Gasteiger partial charge on any atom is 0.185 e. The molecule has 0 atom stereocenters. The molecule has 2 heterocycles. The molecule has 1 aromatic carbocycles. The van der Waals surface area contributed by atoms with Crippen molar-refractivity contribution in [2.24, 2.45) is 0 Å². The van der Waals surface area contributed by atoms with Crippen LogP contribution in [0.5, 0.6) is 5.75 Å². The van der Waals surface area contributed by atoms with Gasteiger partial charge in [-0.2, -0.15) is 0 Å². The van der Waals surface area contributed by atoms with Crippen molar-refractivity contribution in [1.82, 2.24) is 4.98 Å². The first-order chi connectivity index (χ1) is 9.24. The Kier molecular flexibility index (Phi) is 3.34. The van der Waals surface area contributed by atoms with E-state index in [1.807, 2.05) is 12.1 Å². The van der Waals surface area contributed by atoms with Gasteiger partial charge in [0.05, 0.1) is 6.61 Å². The van der Waals surface area contributed by atoms with Crippen LogP contribution in [0.15, 0.2) is 41.0 Å². The van der Waals surface area contributed by atoms with Crippen molar-refractivity contribution in [3.63, 3.8) is 0 Å². The van der Waals surface area contributed by atoms with Gasteiger partial charge in [-0.15, -0.1) is 0 Å². The third kappa shape index (κ3) is 2.54. The number of hydrogen-bond donors (Lipinski definition) is 0. The Balaban J connectivity index is 1.90. The molecule has 0 aliphatic carbocycles. The van der Waals surface area contributed by atoms with Crippen LogP contribution in [0.1, 0.15) is 21.6 Å². The molecule has 3 nitrogen and oxygen atoms in total. The first kappa shape index (κ1) is 12.4. The van der Waals surface area contributed by atoms with Crippen molar-refractivity contribution >= 4 is 21.7 Å². The number of carbonyl (C=O) groups excluding carboxylic acids is 1. The Bertz CT molecular complexity index is 626. The summed E-state index contributed by atoms with van der Waals surface area (Å²) in [7, 11) is 0. The van der Waals surface area contributed by atoms with E-state index in [9.17, 15) is 4.79 Å². The van der Waals surface area contributed by atoms with E-state index in [1.54, 1.807) is 18.3 Å². The van der Waals surface area contributed by atoms with Gasteiger partial charge in [0, 0.05) is 29.1 Å². The van der Waals surface area contributed by atoms with E-state index in [-0.39, 0.29) is 5.78 Å². The smallest absolute Gasteiger partial charge is 0.185 e. The van der Waals surface area contributed by atoms with E-state index >= 15 is 0 Å². The summed E-state index contributed by atoms with van der Waals surface area (Å²) in [6.45, 7) is 0.691. The van der Waals surface area contributed by atoms with Gasteiger partial charge >= 0.3 is 0 Å². The molecule has 0 spiro atoms. The third-order valence-electron chi connectivity index (χ3n) is 3.13. The summed E-state index contributed by atoms with van der Waals surface area (Å²) in [6, 6.07) is 9.36. The van der Waals surface area contributed by atoms with Crippen molar-refractivity contribution in [3.8, 4) is 5.75 Å². The van der Waals surface area contributed by atoms with E-state index in [1.165, 1.54) is 0 Å². The first-order valence-electron chi connectivity index (χ1n) is 6.12. The van der Waals surface area contributed by atoms with E-state index in [2.05, 4.69) is 27.0 Å². The van der Waals surface area contributed by atoms with Crippen molar-refractivity contribution in [2.45, 2.75) is 12.8 Å². The van der Waals surface area contributed by atoms with Gasteiger partial charge in [-0.1, -0.05) is 22.0 Å². The summed E-state index contributed by atoms with van der Waals surface area (Å²) in [5.74, 6) is 0.879. The average Bonchev–Trinajstić information content (AvgIpc) is 2.88. The highest BCUT2D eigenvalue weighted by Crippen LogP contribution is 2.33. The molecule has 2 aromatic rings. The van der Waals surface area contributed by atoms with Gasteiger partial charge in [0.1, 0.15) is 11.4 Å². The number of pyridine rings is 1. The molecule has 4 heteroatoms. The number of ether oxygens (including phenoxy) is 1. The second-order valence-corrected chi connectivity index (χ2v) is 5.38. The number of nitrogens with zero attached hydrogens (tertiary/aromatic N) is 1. The number of hydrogen-bond acceptors (Lipinski definition) is 3. The fraction of sp³-hybridized carbons (Fsp3) is 0.200. The van der Waals surface area contributed by atoms with E-state index in [0.717, 1.165) is 27.8 Å². The molecule has 0 unspecified atom stereocenters. The van der Waals surface area contributed by atoms with E-state index in [0.29, 0.717) is 18.7 Å². The van der Waals surface area contributed by atoms with Gasteiger partial charge in [0.2, 0.25) is 0 Å². The second-order valence-electron chi connectivity index (χ2n) is 4.47. The predicted molar refractivity (Wildman–Crippen MR) is 75.6 cm³/mol. The van der Waals surface area contributed by atoms with Gasteiger partial charge in [-0.25, -0.2) is 0 Å². The van der Waals surface area contributed by atoms with Crippen molar-refractivity contribution in [2.75, 3.05) is 6.61 Å². The maximum atomic E-state index is 12.2. The minimum Gasteiger partial charge on any atom is -0.493 e. The van der Waals surface area contributed by atoms with Gasteiger partial charge in [0.15, 0.2) is 5.78 Å². The maximum absolute atomic E-state index is 12.2. The normalized spacial score (nSPS) is 12.9. The molecule has 1 aromatic heterocycles. The Morgan fingerprint density at radius 3 is 3.05 bits per heavy atom. The summed E-state index contributed by atoms with van der Waals surface area (Å²) < 4.78 is 6.61. The summed E-state index contributed by atoms with van der Waals surface area (Å²) in [4.78, 5) is 16.3. The quantitative estimate of drug-likeness (QED) is 0.816. The van der Waals surface area contributed by atoms with Gasteiger partial charge < -0.3 is 4.74 Å². The lowest BCUT2D eigenvalue weighted by molar-refractivity contribution is 0.0987. The molecule has 0 saturated carbocycles. The van der Waals surface area contributed by atoms with Crippen molar-refractivity contribution in [1.29, 1.82) is 0 Å². The fourth-order valence-corrected chi connectivity index (χ4v) is 2.82. The Labute approximate surface area is 119 Å². The molecule has 0 fully saturated rings. The minimum absolute atomic E-state index is 0.0106. The van der Waals surface area contributed by atoms with Crippen LogP contribution in [0.25, 0.3) is 0 Å². The van der Waals surface area contributed by atoms with Crippen LogP contribution < -0.4 is 4.74 Å². The molecule has 1 aliphatic heterocycles. The lowest BCUT2D eigenvalue weighted by Gasteiger charge is -2.08. The Hall–Kier alpha value is -1.68. The molecule has 0 saturated heterocycles. The van der Waals surface area contributed by atoms with Crippen LogP contribution in [0.4, 0.5) is 0 Å². The summed E-state index contributed by atoms with van der Waals surface area (Å²) in [6.07, 6.45) is 2.85. The fourth-order valence-electron chi connectivity index (χ4n) is 2.27. The molecule has 0 radical (unpaired) electrons. The van der Waals surface area contributed by atoms with Crippen molar-refractivity contribution in [3.05, 3.63) is 57.8 Å². The number of carbonyl (C=O) groups is 1. The zero-order valence-electron chi connectivity index (χ0n) is 10.2. The van der Waals surface area contributed by atoms with Gasteiger partial charge in [-0.05, 0) is 29.8 Å². The number of benzene rings is 1.